The average molecular weight is 204 g/mol. The Bertz CT molecular complexity index is 300. The normalized spacial score (nSPS) is 12.5. The van der Waals surface area contributed by atoms with Crippen molar-refractivity contribution in [3.8, 4) is 0 Å². The maximum atomic E-state index is 10.9. The van der Waals surface area contributed by atoms with Crippen LogP contribution in [0.25, 0.3) is 0 Å². The molecule has 0 aliphatic rings. The van der Waals surface area contributed by atoms with Gasteiger partial charge in [-0.1, -0.05) is 11.6 Å². The predicted octanol–water partition coefficient (Wildman–Crippen LogP) is 0.0368. The van der Waals surface area contributed by atoms with Crippen LogP contribution in [0.2, 0.25) is 5.02 Å². The van der Waals surface area contributed by atoms with E-state index in [1.807, 2.05) is 0 Å². The lowest BCUT2D eigenvalue weighted by Crippen LogP contribution is -2.35. The van der Waals surface area contributed by atoms with E-state index in [9.17, 15) is 4.79 Å². The molecule has 1 rings (SSSR count). The summed E-state index contributed by atoms with van der Waals surface area (Å²) in [7, 11) is 1.29. The maximum Gasteiger partial charge on any atom is 0.324 e. The van der Waals surface area contributed by atoms with Gasteiger partial charge in [0.1, 0.15) is 6.04 Å². The highest BCUT2D eigenvalue weighted by atomic mass is 35.5. The minimum absolute atomic E-state index is 0.263. The van der Waals surface area contributed by atoms with E-state index in [0.29, 0.717) is 5.02 Å². The Balaban J connectivity index is 2.54. The Labute approximate surface area is 80.4 Å². The minimum Gasteiger partial charge on any atom is -0.468 e. The minimum atomic E-state index is -0.707. The first kappa shape index (κ1) is 10.0. The highest BCUT2D eigenvalue weighted by Gasteiger charge is 2.14. The van der Waals surface area contributed by atoms with Gasteiger partial charge >= 0.3 is 5.97 Å². The summed E-state index contributed by atoms with van der Waals surface area (Å²) < 4.78 is 5.94. The molecule has 0 amide bonds. The lowest BCUT2D eigenvalue weighted by molar-refractivity contribution is -0.142. The number of rotatable bonds is 3. The number of halogens is 1. The predicted molar refractivity (Wildman–Crippen MR) is 47.2 cm³/mol. The topological polar surface area (TPSA) is 70.1 Å². The van der Waals surface area contributed by atoms with Gasteiger partial charge in [0, 0.05) is 6.20 Å². The molecule has 13 heavy (non-hydrogen) atoms. The van der Waals surface area contributed by atoms with Gasteiger partial charge in [0.15, 0.2) is 0 Å². The first-order chi connectivity index (χ1) is 6.13. The Hall–Kier alpha value is -1.07. The van der Waals surface area contributed by atoms with E-state index in [4.69, 9.17) is 17.3 Å². The summed E-state index contributed by atoms with van der Waals surface area (Å²) >= 11 is 5.62. The molecule has 1 heterocycles. The van der Waals surface area contributed by atoms with Crippen molar-refractivity contribution >= 4 is 17.6 Å². The molecule has 2 N–H and O–H groups in total. The largest absolute Gasteiger partial charge is 0.468 e. The smallest absolute Gasteiger partial charge is 0.324 e. The third kappa shape index (κ3) is 2.71. The second-order valence-electron chi connectivity index (χ2n) is 2.51. The Morgan fingerprint density at radius 2 is 2.62 bits per heavy atom. The van der Waals surface area contributed by atoms with E-state index in [1.54, 1.807) is 6.20 Å². The fraction of sp³-hybridized carbons (Fsp3) is 0.429. The summed E-state index contributed by atoms with van der Waals surface area (Å²) in [6.45, 7) is 0.263. The highest BCUT2D eigenvalue weighted by Crippen LogP contribution is 2.04. The summed E-state index contributed by atoms with van der Waals surface area (Å²) in [6, 6.07) is -0.707. The standard InChI is InChI=1S/C7H10ClN3O2/c1-13-7(12)6(9)4-11-3-5(8)2-10-11/h2-3,6H,4,9H2,1H3/t6-/m0/s1. The number of nitrogens with two attached hydrogens (primary N) is 1. The van der Waals surface area contributed by atoms with Crippen molar-refractivity contribution in [3.05, 3.63) is 17.4 Å². The lowest BCUT2D eigenvalue weighted by atomic mass is 10.3. The van der Waals surface area contributed by atoms with Gasteiger partial charge in [0.05, 0.1) is 24.9 Å². The average Bonchev–Trinajstić information content (AvgIpc) is 2.49. The quantitative estimate of drug-likeness (QED) is 0.704. The fourth-order valence-electron chi connectivity index (χ4n) is 0.866. The second kappa shape index (κ2) is 4.25. The number of aromatic nitrogens is 2. The van der Waals surface area contributed by atoms with Crippen molar-refractivity contribution in [3.63, 3.8) is 0 Å². The maximum absolute atomic E-state index is 10.9. The summed E-state index contributed by atoms with van der Waals surface area (Å²) in [5.74, 6) is -0.466. The van der Waals surface area contributed by atoms with E-state index in [0.717, 1.165) is 0 Å². The molecule has 0 saturated carbocycles. The van der Waals surface area contributed by atoms with Gasteiger partial charge < -0.3 is 10.5 Å². The van der Waals surface area contributed by atoms with Gasteiger partial charge in [-0.25, -0.2) is 0 Å². The van der Waals surface area contributed by atoms with Crippen molar-refractivity contribution in [2.75, 3.05) is 7.11 Å². The molecule has 0 fully saturated rings. The summed E-state index contributed by atoms with van der Waals surface area (Å²) in [4.78, 5) is 10.9. The molecule has 0 saturated heterocycles. The highest BCUT2D eigenvalue weighted by molar-refractivity contribution is 6.30. The number of hydrogen-bond donors (Lipinski definition) is 1. The zero-order valence-corrected chi connectivity index (χ0v) is 7.86. The van der Waals surface area contributed by atoms with Crippen LogP contribution in [0, 0.1) is 0 Å². The van der Waals surface area contributed by atoms with Crippen LogP contribution in [-0.4, -0.2) is 28.9 Å². The first-order valence-electron chi connectivity index (χ1n) is 3.65. The Kier molecular flexibility index (Phi) is 3.27. The molecule has 0 aliphatic heterocycles. The molecule has 1 aromatic heterocycles. The lowest BCUT2D eigenvalue weighted by Gasteiger charge is -2.08. The molecule has 0 unspecified atom stereocenters. The summed E-state index contributed by atoms with van der Waals surface area (Å²) in [6.07, 6.45) is 3.07. The van der Waals surface area contributed by atoms with Crippen molar-refractivity contribution in [1.82, 2.24) is 9.78 Å². The van der Waals surface area contributed by atoms with Crippen molar-refractivity contribution in [1.29, 1.82) is 0 Å². The van der Waals surface area contributed by atoms with Gasteiger partial charge in [0.25, 0.3) is 0 Å². The number of esters is 1. The molecule has 0 radical (unpaired) electrons. The van der Waals surface area contributed by atoms with Crippen LogP contribution in [0.15, 0.2) is 12.4 Å². The van der Waals surface area contributed by atoms with Crippen LogP contribution in [0.1, 0.15) is 0 Å². The van der Waals surface area contributed by atoms with Crippen molar-refractivity contribution in [2.24, 2.45) is 5.73 Å². The fourth-order valence-corrected chi connectivity index (χ4v) is 1.02. The number of hydrogen-bond acceptors (Lipinski definition) is 4. The number of ether oxygens (including phenoxy) is 1. The second-order valence-corrected chi connectivity index (χ2v) is 2.95. The van der Waals surface area contributed by atoms with Crippen LogP contribution in [0.5, 0.6) is 0 Å². The molecule has 0 bridgehead atoms. The van der Waals surface area contributed by atoms with Crippen LogP contribution >= 0.6 is 11.6 Å². The van der Waals surface area contributed by atoms with E-state index in [2.05, 4.69) is 9.84 Å². The number of carbonyl (C=O) groups excluding carboxylic acids is 1. The number of carbonyl (C=O) groups is 1. The number of nitrogens with zero attached hydrogens (tertiary/aromatic N) is 2. The molecule has 72 valence electrons. The molecular formula is C7H10ClN3O2. The third-order valence-corrected chi connectivity index (χ3v) is 1.68. The van der Waals surface area contributed by atoms with Gasteiger partial charge in [-0.3, -0.25) is 9.48 Å². The van der Waals surface area contributed by atoms with Crippen LogP contribution in [0.3, 0.4) is 0 Å². The zero-order chi connectivity index (χ0) is 9.84. The third-order valence-electron chi connectivity index (χ3n) is 1.49. The van der Waals surface area contributed by atoms with Crippen LogP contribution < -0.4 is 5.73 Å². The summed E-state index contributed by atoms with van der Waals surface area (Å²) in [5.41, 5.74) is 5.49. The molecule has 0 aromatic carbocycles. The van der Waals surface area contributed by atoms with E-state index in [-0.39, 0.29) is 6.54 Å². The van der Waals surface area contributed by atoms with Crippen LogP contribution in [-0.2, 0) is 16.1 Å². The Morgan fingerprint density at radius 1 is 1.92 bits per heavy atom. The van der Waals surface area contributed by atoms with Gasteiger partial charge in [-0.05, 0) is 0 Å². The molecule has 5 nitrogen and oxygen atoms in total. The molecule has 6 heteroatoms. The molecule has 0 aliphatic carbocycles. The van der Waals surface area contributed by atoms with Gasteiger partial charge in [-0.2, -0.15) is 5.10 Å². The summed E-state index contributed by atoms with van der Waals surface area (Å²) in [5, 5.41) is 4.38. The molecule has 1 atom stereocenters. The van der Waals surface area contributed by atoms with E-state index in [1.165, 1.54) is 18.0 Å². The first-order valence-corrected chi connectivity index (χ1v) is 4.02. The molecular weight excluding hydrogens is 194 g/mol. The SMILES string of the molecule is COC(=O)[C@@H](N)Cn1cc(Cl)cn1. The number of methoxy groups -OCH3 is 1. The monoisotopic (exact) mass is 203 g/mol. The van der Waals surface area contributed by atoms with Gasteiger partial charge in [-0.15, -0.1) is 0 Å². The zero-order valence-electron chi connectivity index (χ0n) is 7.11. The molecule has 0 spiro atoms. The Morgan fingerprint density at radius 3 is 3.08 bits per heavy atom. The van der Waals surface area contributed by atoms with Crippen molar-refractivity contribution in [2.45, 2.75) is 12.6 Å². The van der Waals surface area contributed by atoms with E-state index < -0.39 is 12.0 Å². The van der Waals surface area contributed by atoms with Crippen LogP contribution in [0.4, 0.5) is 0 Å². The van der Waals surface area contributed by atoms with E-state index >= 15 is 0 Å². The van der Waals surface area contributed by atoms with Gasteiger partial charge in [0.2, 0.25) is 0 Å². The molecule has 1 aromatic rings. The van der Waals surface area contributed by atoms with Crippen molar-refractivity contribution < 1.29 is 9.53 Å².